The number of hydrogen-bond donors (Lipinski definition) is 1. The highest BCUT2D eigenvalue weighted by Crippen LogP contribution is 2.25. The molecule has 1 aliphatic rings. The largest absolute Gasteiger partial charge is 0.368 e. The van der Waals surface area contributed by atoms with Crippen molar-refractivity contribution in [3.63, 3.8) is 0 Å². The first-order valence-electron chi connectivity index (χ1n) is 7.89. The van der Waals surface area contributed by atoms with Gasteiger partial charge in [0.25, 0.3) is 0 Å². The molecule has 1 aromatic heterocycles. The first-order valence-corrected chi connectivity index (χ1v) is 7.89. The highest BCUT2D eigenvalue weighted by Gasteiger charge is 2.21. The molecule has 6 heteroatoms. The summed E-state index contributed by atoms with van der Waals surface area (Å²) in [6.07, 6.45) is 5.60. The predicted octanol–water partition coefficient (Wildman–Crippen LogP) is 3.19. The molecule has 23 heavy (non-hydrogen) atoms. The molecule has 0 unspecified atom stereocenters. The fourth-order valence-electron chi connectivity index (χ4n) is 3.11. The van der Waals surface area contributed by atoms with Gasteiger partial charge in [-0.1, -0.05) is 6.07 Å². The number of aryl methyl sites for hydroxylation is 1. The Morgan fingerprint density at radius 2 is 2.09 bits per heavy atom. The summed E-state index contributed by atoms with van der Waals surface area (Å²) in [5.41, 5.74) is 6.49. The van der Waals surface area contributed by atoms with Crippen LogP contribution in [0, 0.1) is 17.6 Å². The molecule has 1 aromatic carbocycles. The monoisotopic (exact) mass is 318 g/mol. The number of benzene rings is 1. The number of rotatable bonds is 4. The Morgan fingerprint density at radius 1 is 1.22 bits per heavy atom. The van der Waals surface area contributed by atoms with Gasteiger partial charge in [0, 0.05) is 19.3 Å². The number of piperidine rings is 1. The van der Waals surface area contributed by atoms with Crippen molar-refractivity contribution in [2.75, 3.05) is 23.7 Å². The Kier molecular flexibility index (Phi) is 4.69. The van der Waals surface area contributed by atoms with Crippen LogP contribution in [0.5, 0.6) is 0 Å². The van der Waals surface area contributed by atoms with Crippen molar-refractivity contribution in [1.29, 1.82) is 0 Å². The van der Waals surface area contributed by atoms with Crippen LogP contribution < -0.4 is 10.6 Å². The van der Waals surface area contributed by atoms with Crippen LogP contribution in [0.15, 0.2) is 30.5 Å². The maximum Gasteiger partial charge on any atom is 0.221 e. The van der Waals surface area contributed by atoms with E-state index in [2.05, 4.69) is 14.9 Å². The van der Waals surface area contributed by atoms with Crippen LogP contribution in [0.3, 0.4) is 0 Å². The molecule has 2 aromatic rings. The summed E-state index contributed by atoms with van der Waals surface area (Å²) >= 11 is 0. The number of hydrogen-bond acceptors (Lipinski definition) is 4. The summed E-state index contributed by atoms with van der Waals surface area (Å²) < 4.78 is 26.2. The van der Waals surface area contributed by atoms with Gasteiger partial charge in [0.1, 0.15) is 5.82 Å². The normalized spacial score (nSPS) is 18.2. The maximum atomic E-state index is 13.3. The van der Waals surface area contributed by atoms with Crippen LogP contribution >= 0.6 is 0 Å². The van der Waals surface area contributed by atoms with Gasteiger partial charge < -0.3 is 10.6 Å². The Bertz CT molecular complexity index is 677. The van der Waals surface area contributed by atoms with Gasteiger partial charge in [0.15, 0.2) is 11.6 Å². The molecular weight excluding hydrogens is 298 g/mol. The first kappa shape index (κ1) is 15.6. The number of nitrogens with zero attached hydrogens (tertiary/aromatic N) is 3. The van der Waals surface area contributed by atoms with E-state index in [9.17, 15) is 8.78 Å². The van der Waals surface area contributed by atoms with Crippen LogP contribution in [0.25, 0.3) is 0 Å². The third-order valence-corrected chi connectivity index (χ3v) is 4.33. The number of halogens is 2. The summed E-state index contributed by atoms with van der Waals surface area (Å²) in [5, 5.41) is 0. The van der Waals surface area contributed by atoms with E-state index < -0.39 is 11.6 Å². The van der Waals surface area contributed by atoms with Gasteiger partial charge in [0.05, 0.1) is 0 Å². The standard InChI is InChI=1S/C17H20F2N4/c18-14-6-5-12(10-15(14)19)3-4-13-2-1-9-23(11-13)16-7-8-21-17(20)22-16/h5-8,10,13H,1-4,9,11H2,(H2,20,21,22)/t13-/m1/s1. The van der Waals surface area contributed by atoms with E-state index in [4.69, 9.17) is 5.73 Å². The summed E-state index contributed by atoms with van der Waals surface area (Å²) in [7, 11) is 0. The van der Waals surface area contributed by atoms with Gasteiger partial charge in [-0.05, 0) is 55.4 Å². The highest BCUT2D eigenvalue weighted by atomic mass is 19.2. The molecule has 1 atom stereocenters. The average Bonchev–Trinajstić information content (AvgIpc) is 2.56. The Hall–Kier alpha value is -2.24. The quantitative estimate of drug-likeness (QED) is 0.940. The zero-order valence-corrected chi connectivity index (χ0v) is 12.9. The van der Waals surface area contributed by atoms with Crippen LogP contribution in [0.1, 0.15) is 24.8 Å². The minimum absolute atomic E-state index is 0.284. The Morgan fingerprint density at radius 3 is 2.87 bits per heavy atom. The first-order chi connectivity index (χ1) is 11.1. The zero-order valence-electron chi connectivity index (χ0n) is 12.9. The van der Waals surface area contributed by atoms with Crippen molar-refractivity contribution in [1.82, 2.24) is 9.97 Å². The summed E-state index contributed by atoms with van der Waals surface area (Å²) in [6.45, 7) is 1.86. The van der Waals surface area contributed by atoms with E-state index >= 15 is 0 Å². The average molecular weight is 318 g/mol. The topological polar surface area (TPSA) is 55.0 Å². The molecule has 1 fully saturated rings. The fraction of sp³-hybridized carbons (Fsp3) is 0.412. The van der Waals surface area contributed by atoms with Crippen LogP contribution in [-0.4, -0.2) is 23.1 Å². The Balaban J connectivity index is 1.59. The van der Waals surface area contributed by atoms with Crippen molar-refractivity contribution < 1.29 is 8.78 Å². The van der Waals surface area contributed by atoms with Crippen molar-refractivity contribution in [3.8, 4) is 0 Å². The second-order valence-electron chi connectivity index (χ2n) is 6.01. The minimum Gasteiger partial charge on any atom is -0.368 e. The van der Waals surface area contributed by atoms with Crippen molar-refractivity contribution in [3.05, 3.63) is 47.7 Å². The molecule has 122 valence electrons. The SMILES string of the molecule is Nc1nccc(N2CCC[C@H](CCc3ccc(F)c(F)c3)C2)n1. The van der Waals surface area contributed by atoms with E-state index in [1.165, 1.54) is 12.1 Å². The molecule has 2 heterocycles. The summed E-state index contributed by atoms with van der Waals surface area (Å²) in [4.78, 5) is 10.4. The summed E-state index contributed by atoms with van der Waals surface area (Å²) in [5.74, 6) is 0.0812. The fourth-order valence-corrected chi connectivity index (χ4v) is 3.11. The molecule has 0 bridgehead atoms. The van der Waals surface area contributed by atoms with Gasteiger partial charge in [-0.25, -0.2) is 13.8 Å². The lowest BCUT2D eigenvalue weighted by Crippen LogP contribution is -2.36. The highest BCUT2D eigenvalue weighted by molar-refractivity contribution is 5.41. The molecule has 3 rings (SSSR count). The predicted molar refractivity (Wildman–Crippen MR) is 86.1 cm³/mol. The smallest absolute Gasteiger partial charge is 0.221 e. The lowest BCUT2D eigenvalue weighted by molar-refractivity contribution is 0.389. The van der Waals surface area contributed by atoms with E-state index in [-0.39, 0.29) is 5.95 Å². The Labute approximate surface area is 134 Å². The summed E-state index contributed by atoms with van der Waals surface area (Å²) in [6, 6.07) is 6.01. The van der Waals surface area contributed by atoms with E-state index in [0.717, 1.165) is 50.2 Å². The third kappa shape index (κ3) is 3.94. The lowest BCUT2D eigenvalue weighted by atomic mass is 9.91. The molecule has 0 radical (unpaired) electrons. The number of nitrogens with two attached hydrogens (primary N) is 1. The molecular formula is C17H20F2N4. The molecule has 1 aliphatic heterocycles. The van der Waals surface area contributed by atoms with Crippen LogP contribution in [0.4, 0.5) is 20.5 Å². The van der Waals surface area contributed by atoms with Gasteiger partial charge in [-0.2, -0.15) is 4.98 Å². The van der Waals surface area contributed by atoms with Crippen molar-refractivity contribution in [2.45, 2.75) is 25.7 Å². The lowest BCUT2D eigenvalue weighted by Gasteiger charge is -2.33. The van der Waals surface area contributed by atoms with Crippen LogP contribution in [-0.2, 0) is 6.42 Å². The van der Waals surface area contributed by atoms with Gasteiger partial charge in [-0.3, -0.25) is 0 Å². The molecule has 0 spiro atoms. The van der Waals surface area contributed by atoms with E-state index in [0.29, 0.717) is 5.92 Å². The molecule has 4 nitrogen and oxygen atoms in total. The number of nitrogen functional groups attached to an aromatic ring is 1. The number of anilines is 2. The molecule has 0 aliphatic carbocycles. The zero-order chi connectivity index (χ0) is 16.2. The van der Waals surface area contributed by atoms with Gasteiger partial charge >= 0.3 is 0 Å². The minimum atomic E-state index is -0.793. The molecule has 1 saturated heterocycles. The molecule has 0 amide bonds. The van der Waals surface area contributed by atoms with E-state index in [1.54, 1.807) is 12.3 Å². The van der Waals surface area contributed by atoms with Crippen LogP contribution in [0.2, 0.25) is 0 Å². The number of aromatic nitrogens is 2. The maximum absolute atomic E-state index is 13.3. The van der Waals surface area contributed by atoms with Gasteiger partial charge in [-0.15, -0.1) is 0 Å². The van der Waals surface area contributed by atoms with E-state index in [1.807, 2.05) is 6.07 Å². The van der Waals surface area contributed by atoms with Crippen molar-refractivity contribution in [2.24, 2.45) is 5.92 Å². The van der Waals surface area contributed by atoms with Gasteiger partial charge in [0.2, 0.25) is 5.95 Å². The third-order valence-electron chi connectivity index (χ3n) is 4.33. The second-order valence-corrected chi connectivity index (χ2v) is 6.01. The molecule has 2 N–H and O–H groups in total. The molecule has 0 saturated carbocycles. The second kappa shape index (κ2) is 6.89. The van der Waals surface area contributed by atoms with Crippen molar-refractivity contribution >= 4 is 11.8 Å².